The Hall–Kier alpha value is -2.89. The molecule has 10 heteroatoms. The number of piperazine rings is 2. The molecular weight excluding hydrogens is 511 g/mol. The molecule has 2 aliphatic heterocycles. The number of rotatable bonds is 9. The third-order valence-corrected chi connectivity index (χ3v) is 7.73. The number of nitrogens with zero attached hydrogens (tertiary/aromatic N) is 5. The van der Waals surface area contributed by atoms with E-state index in [2.05, 4.69) is 63.1 Å². The molecule has 9 nitrogen and oxygen atoms in total. The van der Waals surface area contributed by atoms with Gasteiger partial charge in [-0.15, -0.1) is 0 Å². The fraction of sp³-hybridized carbons (Fsp3) is 0.533. The van der Waals surface area contributed by atoms with Crippen molar-refractivity contribution in [2.24, 2.45) is 0 Å². The second kappa shape index (κ2) is 12.7. The lowest BCUT2D eigenvalue weighted by Crippen LogP contribution is -2.63. The van der Waals surface area contributed by atoms with E-state index in [0.29, 0.717) is 18.3 Å². The summed E-state index contributed by atoms with van der Waals surface area (Å²) >= 11 is 0. The number of halogens is 1. The maximum Gasteiger partial charge on any atom is 0.257 e. The second-order valence-corrected chi connectivity index (χ2v) is 11.7. The Morgan fingerprint density at radius 1 is 0.975 bits per heavy atom. The monoisotopic (exact) mass is 552 g/mol. The highest BCUT2D eigenvalue weighted by Crippen LogP contribution is 2.26. The van der Waals surface area contributed by atoms with E-state index in [1.807, 2.05) is 12.1 Å². The van der Waals surface area contributed by atoms with E-state index >= 15 is 0 Å². The van der Waals surface area contributed by atoms with Gasteiger partial charge in [-0.1, -0.05) is 50.2 Å². The molecule has 2 aliphatic rings. The third kappa shape index (κ3) is 7.05. The molecule has 0 amide bonds. The van der Waals surface area contributed by atoms with E-state index in [0.717, 1.165) is 57.9 Å². The highest BCUT2D eigenvalue weighted by atomic mass is 19.1. The van der Waals surface area contributed by atoms with E-state index in [-0.39, 0.29) is 23.9 Å². The molecule has 3 heterocycles. The topological polar surface area (TPSA) is 90.1 Å². The van der Waals surface area contributed by atoms with E-state index < -0.39 is 11.9 Å². The number of aliphatic hydroxyl groups is 1. The zero-order valence-electron chi connectivity index (χ0n) is 23.7. The first kappa shape index (κ1) is 28.6. The number of para-hydroxylation sites is 1. The summed E-state index contributed by atoms with van der Waals surface area (Å²) in [4.78, 5) is 11.6. The third-order valence-electron chi connectivity index (χ3n) is 7.73. The van der Waals surface area contributed by atoms with E-state index in [1.165, 1.54) is 11.6 Å². The molecule has 5 rings (SSSR count). The Balaban J connectivity index is 1.18. The molecule has 0 bridgehead atoms. The molecular formula is C30H41FN6O3. The van der Waals surface area contributed by atoms with Crippen LogP contribution in [-0.4, -0.2) is 101 Å². The predicted octanol–water partition coefficient (Wildman–Crippen LogP) is 2.96. The lowest BCUT2D eigenvalue weighted by Gasteiger charge is -2.46. The fourth-order valence-electron chi connectivity index (χ4n) is 5.42. The molecule has 0 radical (unpaired) electrons. The smallest absolute Gasteiger partial charge is 0.257 e. The van der Waals surface area contributed by atoms with E-state index in [9.17, 15) is 9.50 Å². The summed E-state index contributed by atoms with van der Waals surface area (Å²) in [5, 5.41) is 18.9. The van der Waals surface area contributed by atoms with Crippen molar-refractivity contribution in [1.29, 1.82) is 0 Å². The molecule has 216 valence electrons. The van der Waals surface area contributed by atoms with Gasteiger partial charge in [0.15, 0.2) is 17.4 Å². The first-order valence-corrected chi connectivity index (χ1v) is 14.2. The average Bonchev–Trinajstić information content (AvgIpc) is 3.42. The lowest BCUT2D eigenvalue weighted by molar-refractivity contribution is -0.0811. The quantitative estimate of drug-likeness (QED) is 0.416. The summed E-state index contributed by atoms with van der Waals surface area (Å²) in [6.07, 6.45) is -0.988. The van der Waals surface area contributed by atoms with Crippen LogP contribution in [0.15, 0.2) is 53.1 Å². The SMILES string of the molecule is CC(C)(C)c1ccc(-c2nc(CN3CCN(C(C(O)COc4ccccc4F)N4CCNCC4)CC3)no2)cc1. The van der Waals surface area contributed by atoms with Gasteiger partial charge in [0.1, 0.15) is 12.7 Å². The van der Waals surface area contributed by atoms with Crippen LogP contribution >= 0.6 is 0 Å². The molecule has 1 aromatic heterocycles. The van der Waals surface area contributed by atoms with Crippen molar-refractivity contribution in [3.05, 3.63) is 65.7 Å². The van der Waals surface area contributed by atoms with Crippen molar-refractivity contribution in [1.82, 2.24) is 30.2 Å². The van der Waals surface area contributed by atoms with Crippen LogP contribution in [0.1, 0.15) is 32.2 Å². The Morgan fingerprint density at radius 3 is 2.33 bits per heavy atom. The number of aromatic nitrogens is 2. The van der Waals surface area contributed by atoms with E-state index in [1.54, 1.807) is 18.2 Å². The second-order valence-electron chi connectivity index (χ2n) is 11.7. The number of aliphatic hydroxyl groups excluding tert-OH is 1. The van der Waals surface area contributed by atoms with Gasteiger partial charge in [0.05, 0.1) is 12.7 Å². The fourth-order valence-corrected chi connectivity index (χ4v) is 5.42. The van der Waals surface area contributed by atoms with Gasteiger partial charge in [0.25, 0.3) is 5.89 Å². The Bertz CT molecular complexity index is 1220. The Morgan fingerprint density at radius 2 is 1.65 bits per heavy atom. The maximum absolute atomic E-state index is 14.1. The van der Waals surface area contributed by atoms with Crippen LogP contribution in [0.2, 0.25) is 0 Å². The first-order valence-electron chi connectivity index (χ1n) is 14.2. The van der Waals surface area contributed by atoms with E-state index in [4.69, 9.17) is 9.26 Å². The number of hydrogen-bond donors (Lipinski definition) is 2. The lowest BCUT2D eigenvalue weighted by atomic mass is 9.87. The number of hydrogen-bond acceptors (Lipinski definition) is 9. The van der Waals surface area contributed by atoms with Gasteiger partial charge in [-0.25, -0.2) is 4.39 Å². The van der Waals surface area contributed by atoms with Crippen LogP contribution in [0, 0.1) is 5.82 Å². The van der Waals surface area contributed by atoms with Crippen molar-refractivity contribution >= 4 is 0 Å². The molecule has 40 heavy (non-hydrogen) atoms. The van der Waals surface area contributed by atoms with Gasteiger partial charge >= 0.3 is 0 Å². The highest BCUT2D eigenvalue weighted by Gasteiger charge is 2.35. The van der Waals surface area contributed by atoms with Crippen molar-refractivity contribution in [3.63, 3.8) is 0 Å². The molecule has 0 saturated carbocycles. The van der Waals surface area contributed by atoms with Crippen LogP contribution < -0.4 is 10.1 Å². The van der Waals surface area contributed by atoms with Crippen molar-refractivity contribution in [3.8, 4) is 17.2 Å². The van der Waals surface area contributed by atoms with Crippen LogP contribution in [0.25, 0.3) is 11.5 Å². The Labute approximate surface area is 235 Å². The van der Waals surface area contributed by atoms with Crippen LogP contribution in [-0.2, 0) is 12.0 Å². The van der Waals surface area contributed by atoms with Gasteiger partial charge < -0.3 is 19.7 Å². The number of benzene rings is 2. The molecule has 0 spiro atoms. The van der Waals surface area contributed by atoms with Crippen molar-refractivity contribution in [2.45, 2.75) is 45.0 Å². The first-order chi connectivity index (χ1) is 19.3. The minimum Gasteiger partial charge on any atom is -0.488 e. The summed E-state index contributed by atoms with van der Waals surface area (Å²) in [6, 6.07) is 14.6. The Kier molecular flexibility index (Phi) is 9.12. The summed E-state index contributed by atoms with van der Waals surface area (Å²) in [5.74, 6) is 0.940. The minimum absolute atomic E-state index is 0.0259. The van der Waals surface area contributed by atoms with Gasteiger partial charge in [-0.05, 0) is 35.2 Å². The van der Waals surface area contributed by atoms with Crippen molar-refractivity contribution in [2.75, 3.05) is 59.0 Å². The normalized spacial score (nSPS) is 19.4. The zero-order chi connectivity index (χ0) is 28.1. The molecule has 2 aromatic carbocycles. The maximum atomic E-state index is 14.1. The van der Waals surface area contributed by atoms with Crippen molar-refractivity contribution < 1.29 is 18.8 Å². The molecule has 0 aliphatic carbocycles. The molecule has 3 aromatic rings. The molecule has 2 saturated heterocycles. The number of ether oxygens (including phenoxy) is 1. The van der Waals surface area contributed by atoms with Crippen LogP contribution in [0.3, 0.4) is 0 Å². The summed E-state index contributed by atoms with van der Waals surface area (Å²) in [6.45, 7) is 13.8. The molecule has 2 atom stereocenters. The molecule has 2 N–H and O–H groups in total. The number of nitrogens with one attached hydrogen (secondary N) is 1. The average molecular weight is 553 g/mol. The largest absolute Gasteiger partial charge is 0.488 e. The van der Waals surface area contributed by atoms with Gasteiger partial charge in [-0.3, -0.25) is 14.7 Å². The standard InChI is InChI=1S/C30H41FN6O3/c1-30(2,3)23-10-8-22(9-11-23)28-33-27(34-40-28)20-35-16-18-37(19-17-35)29(36-14-12-32-13-15-36)25(38)21-39-26-7-5-4-6-24(26)31/h4-11,25,29,32,38H,12-21H2,1-3H3. The zero-order valence-corrected chi connectivity index (χ0v) is 23.7. The summed E-state index contributed by atoms with van der Waals surface area (Å²) in [7, 11) is 0. The van der Waals surface area contributed by atoms with Crippen LogP contribution in [0.5, 0.6) is 5.75 Å². The van der Waals surface area contributed by atoms with Crippen LogP contribution in [0.4, 0.5) is 4.39 Å². The van der Waals surface area contributed by atoms with Gasteiger partial charge in [0.2, 0.25) is 0 Å². The highest BCUT2D eigenvalue weighted by molar-refractivity contribution is 5.53. The predicted molar refractivity (Wildman–Crippen MR) is 151 cm³/mol. The summed E-state index contributed by atoms with van der Waals surface area (Å²) in [5.41, 5.74) is 2.27. The minimum atomic E-state index is -0.784. The van der Waals surface area contributed by atoms with Gasteiger partial charge in [0, 0.05) is 57.9 Å². The van der Waals surface area contributed by atoms with Gasteiger partial charge in [-0.2, -0.15) is 4.98 Å². The summed E-state index contributed by atoms with van der Waals surface area (Å²) < 4.78 is 25.3. The molecule has 2 fully saturated rings. The molecule has 2 unspecified atom stereocenters.